The normalized spacial score (nSPS) is 11.9. The van der Waals surface area contributed by atoms with Crippen molar-refractivity contribution in [3.05, 3.63) is 35.1 Å². The molecule has 1 aromatic rings. The highest BCUT2D eigenvalue weighted by atomic mass is 19.1. The molecule has 0 heterocycles. The minimum Gasteiger partial charge on any atom is -0.480 e. The molecule has 0 aromatic heterocycles. The van der Waals surface area contributed by atoms with Crippen LogP contribution in [0.3, 0.4) is 0 Å². The predicted molar refractivity (Wildman–Crippen MR) is 57.1 cm³/mol. The fourth-order valence-electron chi connectivity index (χ4n) is 1.30. The number of aliphatic carboxylic acids is 1. The van der Waals surface area contributed by atoms with Crippen LogP contribution in [0.2, 0.25) is 0 Å². The molecule has 1 aromatic carbocycles. The fraction of sp³-hybridized carbons (Fsp3) is 0.273. The van der Waals surface area contributed by atoms with Crippen LogP contribution in [0.1, 0.15) is 15.9 Å². The van der Waals surface area contributed by atoms with Gasteiger partial charge >= 0.3 is 5.97 Å². The Hall–Kier alpha value is -1.95. The number of hydrogen-bond donors (Lipinski definition) is 3. The van der Waals surface area contributed by atoms with Crippen LogP contribution in [0.15, 0.2) is 18.2 Å². The fourth-order valence-corrected chi connectivity index (χ4v) is 1.30. The van der Waals surface area contributed by atoms with E-state index in [9.17, 15) is 14.0 Å². The van der Waals surface area contributed by atoms with E-state index in [-0.39, 0.29) is 5.56 Å². The van der Waals surface area contributed by atoms with E-state index < -0.39 is 30.3 Å². The molecular formula is C11H12FNO4. The van der Waals surface area contributed by atoms with Gasteiger partial charge in [0.2, 0.25) is 0 Å². The lowest BCUT2D eigenvalue weighted by atomic mass is 10.1. The summed E-state index contributed by atoms with van der Waals surface area (Å²) in [6.45, 7) is 0.827. The molecule has 3 N–H and O–H groups in total. The van der Waals surface area contributed by atoms with Crippen LogP contribution in [-0.2, 0) is 4.79 Å². The van der Waals surface area contributed by atoms with Gasteiger partial charge in [0.1, 0.15) is 5.82 Å². The number of carboxylic acid groups (broad SMARTS) is 1. The van der Waals surface area contributed by atoms with E-state index >= 15 is 0 Å². The Morgan fingerprint density at radius 1 is 1.47 bits per heavy atom. The predicted octanol–water partition coefficient (Wildman–Crippen LogP) is 0.309. The molecule has 1 unspecified atom stereocenters. The summed E-state index contributed by atoms with van der Waals surface area (Å²) in [5, 5.41) is 19.5. The van der Waals surface area contributed by atoms with E-state index in [2.05, 4.69) is 5.32 Å². The molecule has 0 saturated carbocycles. The highest BCUT2D eigenvalue weighted by Crippen LogP contribution is 2.10. The van der Waals surface area contributed by atoms with Gasteiger partial charge in [0.05, 0.1) is 6.61 Å². The van der Waals surface area contributed by atoms with Crippen molar-refractivity contribution in [2.45, 2.75) is 13.0 Å². The Labute approximate surface area is 96.9 Å². The molecule has 1 rings (SSSR count). The number of carbonyl (C=O) groups excluding carboxylic acids is 1. The Bertz CT molecular complexity index is 447. The van der Waals surface area contributed by atoms with Gasteiger partial charge in [-0.3, -0.25) is 4.79 Å². The van der Waals surface area contributed by atoms with Crippen molar-refractivity contribution in [2.75, 3.05) is 6.61 Å². The number of hydrogen-bond acceptors (Lipinski definition) is 3. The summed E-state index contributed by atoms with van der Waals surface area (Å²) >= 11 is 0. The van der Waals surface area contributed by atoms with Crippen molar-refractivity contribution in [1.82, 2.24) is 5.32 Å². The number of rotatable bonds is 4. The number of nitrogens with one attached hydrogen (secondary N) is 1. The van der Waals surface area contributed by atoms with Crippen LogP contribution in [0.4, 0.5) is 4.39 Å². The first-order chi connectivity index (χ1) is 7.95. The summed E-state index contributed by atoms with van der Waals surface area (Å²) < 4.78 is 12.8. The molecule has 0 bridgehead atoms. The number of aryl methyl sites for hydroxylation is 1. The van der Waals surface area contributed by atoms with Gasteiger partial charge < -0.3 is 15.5 Å². The third kappa shape index (κ3) is 3.25. The smallest absolute Gasteiger partial charge is 0.328 e. The van der Waals surface area contributed by atoms with Crippen molar-refractivity contribution < 1.29 is 24.2 Å². The topological polar surface area (TPSA) is 86.6 Å². The van der Waals surface area contributed by atoms with Crippen LogP contribution >= 0.6 is 0 Å². The summed E-state index contributed by atoms with van der Waals surface area (Å²) in [5.41, 5.74) is 0.565. The maximum Gasteiger partial charge on any atom is 0.328 e. The van der Waals surface area contributed by atoms with Crippen LogP contribution < -0.4 is 5.32 Å². The second-order valence-electron chi connectivity index (χ2n) is 3.51. The lowest BCUT2D eigenvalue weighted by Crippen LogP contribution is -2.43. The Morgan fingerprint density at radius 3 is 2.59 bits per heavy atom. The highest BCUT2D eigenvalue weighted by molar-refractivity contribution is 5.97. The van der Waals surface area contributed by atoms with Crippen LogP contribution in [0, 0.1) is 12.7 Å². The monoisotopic (exact) mass is 241 g/mol. The molecule has 0 fully saturated rings. The summed E-state index contributed by atoms with van der Waals surface area (Å²) in [5.74, 6) is -2.47. The summed E-state index contributed by atoms with van der Waals surface area (Å²) in [6.07, 6.45) is 0. The van der Waals surface area contributed by atoms with Crippen molar-refractivity contribution in [1.29, 1.82) is 0 Å². The quantitative estimate of drug-likeness (QED) is 0.708. The first kappa shape index (κ1) is 13.1. The summed E-state index contributed by atoms with van der Waals surface area (Å²) in [7, 11) is 0. The van der Waals surface area contributed by atoms with Gasteiger partial charge in [-0.15, -0.1) is 0 Å². The molecule has 0 aliphatic heterocycles. The number of halogens is 1. The van der Waals surface area contributed by atoms with Gasteiger partial charge in [-0.2, -0.15) is 0 Å². The van der Waals surface area contributed by atoms with Crippen molar-refractivity contribution >= 4 is 11.9 Å². The average molecular weight is 241 g/mol. The zero-order valence-corrected chi connectivity index (χ0v) is 9.11. The van der Waals surface area contributed by atoms with Gasteiger partial charge in [-0.25, -0.2) is 9.18 Å². The van der Waals surface area contributed by atoms with E-state index in [0.29, 0.717) is 5.56 Å². The first-order valence-corrected chi connectivity index (χ1v) is 4.86. The van der Waals surface area contributed by atoms with Gasteiger partial charge in [0.25, 0.3) is 5.91 Å². The molecule has 6 heteroatoms. The maximum atomic E-state index is 12.8. The number of benzene rings is 1. The van der Waals surface area contributed by atoms with Gasteiger partial charge in [0.15, 0.2) is 6.04 Å². The number of carboxylic acids is 1. The second-order valence-corrected chi connectivity index (χ2v) is 3.51. The Morgan fingerprint density at radius 2 is 2.12 bits per heavy atom. The maximum absolute atomic E-state index is 12.8. The van der Waals surface area contributed by atoms with Crippen molar-refractivity contribution in [3.8, 4) is 0 Å². The van der Waals surface area contributed by atoms with E-state index in [1.54, 1.807) is 0 Å². The highest BCUT2D eigenvalue weighted by Gasteiger charge is 2.20. The Balaban J connectivity index is 2.86. The zero-order chi connectivity index (χ0) is 13.0. The molecule has 5 nitrogen and oxygen atoms in total. The van der Waals surface area contributed by atoms with E-state index in [0.717, 1.165) is 6.07 Å². The van der Waals surface area contributed by atoms with Crippen LogP contribution in [0.25, 0.3) is 0 Å². The number of carbonyl (C=O) groups is 2. The lowest BCUT2D eigenvalue weighted by Gasteiger charge is -2.12. The minimum absolute atomic E-state index is 0.172. The third-order valence-electron chi connectivity index (χ3n) is 2.22. The molecule has 0 aliphatic carbocycles. The Kier molecular flexibility index (Phi) is 4.17. The molecule has 0 aliphatic rings. The standard InChI is InChI=1S/C11H12FNO4/c1-6-4-7(12)2-3-8(6)10(15)13-9(5-14)11(16)17/h2-4,9,14H,5H2,1H3,(H,13,15)(H,16,17). The number of amides is 1. The third-order valence-corrected chi connectivity index (χ3v) is 2.22. The van der Waals surface area contributed by atoms with Crippen molar-refractivity contribution in [3.63, 3.8) is 0 Å². The number of aliphatic hydroxyl groups excluding tert-OH is 1. The SMILES string of the molecule is Cc1cc(F)ccc1C(=O)NC(CO)C(=O)O. The molecule has 17 heavy (non-hydrogen) atoms. The molecular weight excluding hydrogens is 229 g/mol. The number of aliphatic hydroxyl groups is 1. The molecule has 0 radical (unpaired) electrons. The van der Waals surface area contributed by atoms with E-state index in [4.69, 9.17) is 10.2 Å². The van der Waals surface area contributed by atoms with Gasteiger partial charge in [-0.05, 0) is 30.7 Å². The van der Waals surface area contributed by atoms with Crippen molar-refractivity contribution in [2.24, 2.45) is 0 Å². The van der Waals surface area contributed by atoms with Gasteiger partial charge in [0, 0.05) is 5.56 Å². The summed E-state index contributed by atoms with van der Waals surface area (Å²) in [6, 6.07) is 2.17. The van der Waals surface area contributed by atoms with E-state index in [1.165, 1.54) is 19.1 Å². The average Bonchev–Trinajstić information content (AvgIpc) is 2.24. The first-order valence-electron chi connectivity index (χ1n) is 4.86. The van der Waals surface area contributed by atoms with Crippen LogP contribution in [-0.4, -0.2) is 34.7 Å². The minimum atomic E-state index is -1.37. The van der Waals surface area contributed by atoms with Crippen LogP contribution in [0.5, 0.6) is 0 Å². The molecule has 0 saturated heterocycles. The molecule has 1 amide bonds. The second kappa shape index (κ2) is 5.40. The van der Waals surface area contributed by atoms with Gasteiger partial charge in [-0.1, -0.05) is 0 Å². The molecule has 92 valence electrons. The zero-order valence-electron chi connectivity index (χ0n) is 9.11. The molecule has 0 spiro atoms. The lowest BCUT2D eigenvalue weighted by molar-refractivity contribution is -0.140. The largest absolute Gasteiger partial charge is 0.480 e. The molecule has 1 atom stereocenters. The summed E-state index contributed by atoms with van der Waals surface area (Å²) in [4.78, 5) is 22.2. The van der Waals surface area contributed by atoms with E-state index in [1.807, 2.05) is 0 Å².